The Labute approximate surface area is 170 Å². The van der Waals surface area contributed by atoms with E-state index in [1.54, 1.807) is 4.90 Å². The van der Waals surface area contributed by atoms with Gasteiger partial charge in [-0.2, -0.15) is 18.2 Å². The molecule has 0 radical (unpaired) electrons. The molecule has 164 valence electrons. The SMILES string of the molecule is CCOC1(OCC)CCN(C(=O)Oc2ccc(-c3noc(C(F)(F)F)n3)cc2)CC1. The second kappa shape index (κ2) is 9.00. The Morgan fingerprint density at radius 1 is 1.13 bits per heavy atom. The number of alkyl halides is 3. The number of rotatable bonds is 6. The summed E-state index contributed by atoms with van der Waals surface area (Å²) in [5, 5.41) is 3.31. The first-order valence-corrected chi connectivity index (χ1v) is 9.52. The third-order valence-electron chi connectivity index (χ3n) is 4.58. The van der Waals surface area contributed by atoms with E-state index in [-0.39, 0.29) is 11.6 Å². The fourth-order valence-electron chi connectivity index (χ4n) is 3.18. The van der Waals surface area contributed by atoms with Crippen molar-refractivity contribution in [2.45, 2.75) is 38.7 Å². The van der Waals surface area contributed by atoms with E-state index in [0.29, 0.717) is 44.7 Å². The summed E-state index contributed by atoms with van der Waals surface area (Å²) < 4.78 is 58.7. The quantitative estimate of drug-likeness (QED) is 0.639. The van der Waals surface area contributed by atoms with Gasteiger partial charge in [0.1, 0.15) is 5.75 Å². The first-order valence-electron chi connectivity index (χ1n) is 9.52. The van der Waals surface area contributed by atoms with Crippen molar-refractivity contribution in [1.82, 2.24) is 15.0 Å². The minimum atomic E-state index is -4.71. The van der Waals surface area contributed by atoms with Crippen LogP contribution in [0.5, 0.6) is 5.75 Å². The zero-order valence-electron chi connectivity index (χ0n) is 16.6. The summed E-state index contributed by atoms with van der Waals surface area (Å²) in [7, 11) is 0. The molecule has 8 nitrogen and oxygen atoms in total. The van der Waals surface area contributed by atoms with E-state index >= 15 is 0 Å². The predicted molar refractivity (Wildman–Crippen MR) is 97.6 cm³/mol. The van der Waals surface area contributed by atoms with Crippen LogP contribution in [0.15, 0.2) is 28.8 Å². The molecule has 3 rings (SSSR count). The van der Waals surface area contributed by atoms with E-state index in [0.717, 1.165) is 0 Å². The van der Waals surface area contributed by atoms with Gasteiger partial charge in [-0.15, -0.1) is 0 Å². The highest BCUT2D eigenvalue weighted by molar-refractivity contribution is 5.71. The largest absolute Gasteiger partial charge is 0.471 e. The summed E-state index contributed by atoms with van der Waals surface area (Å²) in [6.07, 6.45) is -4.18. The summed E-state index contributed by atoms with van der Waals surface area (Å²) in [5.74, 6) is -2.07. The van der Waals surface area contributed by atoms with Gasteiger partial charge in [0.25, 0.3) is 0 Å². The number of halogens is 3. The van der Waals surface area contributed by atoms with Crippen LogP contribution in [-0.4, -0.2) is 53.2 Å². The molecule has 0 saturated carbocycles. The van der Waals surface area contributed by atoms with Crippen molar-refractivity contribution >= 4 is 6.09 Å². The van der Waals surface area contributed by atoms with Gasteiger partial charge in [-0.1, -0.05) is 5.16 Å². The van der Waals surface area contributed by atoms with Crippen molar-refractivity contribution in [3.63, 3.8) is 0 Å². The van der Waals surface area contributed by atoms with Gasteiger partial charge in [0, 0.05) is 44.7 Å². The molecule has 1 amide bonds. The van der Waals surface area contributed by atoms with Crippen LogP contribution in [0.25, 0.3) is 11.4 Å². The van der Waals surface area contributed by atoms with E-state index < -0.39 is 23.9 Å². The number of carbonyl (C=O) groups is 1. The lowest BCUT2D eigenvalue weighted by atomic mass is 10.0. The fourth-order valence-corrected chi connectivity index (χ4v) is 3.18. The molecule has 1 aliphatic heterocycles. The standard InChI is InChI=1S/C19H22F3N3O5/c1-3-27-18(28-4-2)9-11-25(12-10-18)17(26)29-14-7-5-13(6-8-14)15-23-16(30-24-15)19(20,21)22/h5-8H,3-4,9-12H2,1-2H3. The third-order valence-corrected chi connectivity index (χ3v) is 4.58. The van der Waals surface area contributed by atoms with Crippen LogP contribution in [0.2, 0.25) is 0 Å². The summed E-state index contributed by atoms with van der Waals surface area (Å²) in [6.45, 7) is 5.65. The molecule has 2 heterocycles. The first-order chi connectivity index (χ1) is 14.3. The topological polar surface area (TPSA) is 86.9 Å². The van der Waals surface area contributed by atoms with Gasteiger partial charge in [0.05, 0.1) is 0 Å². The maximum absolute atomic E-state index is 12.6. The fraction of sp³-hybridized carbons (Fsp3) is 0.526. The number of amides is 1. The number of ether oxygens (including phenoxy) is 3. The Morgan fingerprint density at radius 3 is 2.23 bits per heavy atom. The van der Waals surface area contributed by atoms with Gasteiger partial charge >= 0.3 is 18.2 Å². The second-order valence-corrected chi connectivity index (χ2v) is 6.58. The van der Waals surface area contributed by atoms with Crippen molar-refractivity contribution < 1.29 is 36.7 Å². The van der Waals surface area contributed by atoms with Crippen LogP contribution in [0.4, 0.5) is 18.0 Å². The minimum absolute atomic E-state index is 0.209. The Balaban J connectivity index is 1.58. The van der Waals surface area contributed by atoms with Crippen LogP contribution < -0.4 is 4.74 Å². The molecule has 0 unspecified atom stereocenters. The molecular weight excluding hydrogens is 407 g/mol. The van der Waals surface area contributed by atoms with Crippen molar-refractivity contribution in [3.05, 3.63) is 30.2 Å². The molecule has 11 heteroatoms. The summed E-state index contributed by atoms with van der Waals surface area (Å²) in [5.41, 5.74) is 0.297. The molecule has 1 aliphatic rings. The number of aromatic nitrogens is 2. The maximum atomic E-state index is 12.6. The molecule has 30 heavy (non-hydrogen) atoms. The third kappa shape index (κ3) is 5.08. The van der Waals surface area contributed by atoms with Gasteiger partial charge < -0.3 is 23.6 Å². The Hall–Kier alpha value is -2.66. The lowest BCUT2D eigenvalue weighted by Crippen LogP contribution is -2.50. The monoisotopic (exact) mass is 429 g/mol. The van der Waals surface area contributed by atoms with Crippen molar-refractivity contribution in [2.75, 3.05) is 26.3 Å². The molecule has 0 atom stereocenters. The average Bonchev–Trinajstić information content (AvgIpc) is 3.20. The van der Waals surface area contributed by atoms with Crippen LogP contribution in [0.3, 0.4) is 0 Å². The smallest absolute Gasteiger partial charge is 0.410 e. The lowest BCUT2D eigenvalue weighted by molar-refractivity contribution is -0.251. The van der Waals surface area contributed by atoms with E-state index in [1.165, 1.54) is 24.3 Å². The molecule has 0 aliphatic carbocycles. The summed E-state index contributed by atoms with van der Waals surface area (Å²) >= 11 is 0. The number of piperidine rings is 1. The normalized spacial score (nSPS) is 16.5. The van der Waals surface area contributed by atoms with Gasteiger partial charge in [-0.3, -0.25) is 0 Å². The molecule has 1 aromatic heterocycles. The highest BCUT2D eigenvalue weighted by Crippen LogP contribution is 2.30. The van der Waals surface area contributed by atoms with E-state index in [1.807, 2.05) is 13.8 Å². The summed E-state index contributed by atoms with van der Waals surface area (Å²) in [6, 6.07) is 5.79. The molecule has 0 spiro atoms. The van der Waals surface area contributed by atoms with Crippen LogP contribution in [0, 0.1) is 0 Å². The Bertz CT molecular complexity index is 838. The molecule has 1 fully saturated rings. The predicted octanol–water partition coefficient (Wildman–Crippen LogP) is 4.12. The van der Waals surface area contributed by atoms with Crippen molar-refractivity contribution in [1.29, 1.82) is 0 Å². The van der Waals surface area contributed by atoms with Gasteiger partial charge in [0.2, 0.25) is 5.82 Å². The first kappa shape index (κ1) is 22.0. The molecular formula is C19H22F3N3O5. The Morgan fingerprint density at radius 2 is 1.73 bits per heavy atom. The van der Waals surface area contributed by atoms with Gasteiger partial charge in [0.15, 0.2) is 5.79 Å². The summed E-state index contributed by atoms with van der Waals surface area (Å²) in [4.78, 5) is 17.3. The van der Waals surface area contributed by atoms with E-state index in [2.05, 4.69) is 14.7 Å². The van der Waals surface area contributed by atoms with Gasteiger partial charge in [-0.25, -0.2) is 4.79 Å². The van der Waals surface area contributed by atoms with E-state index in [9.17, 15) is 18.0 Å². The zero-order chi connectivity index (χ0) is 21.8. The number of benzene rings is 1. The second-order valence-electron chi connectivity index (χ2n) is 6.58. The number of hydrogen-bond donors (Lipinski definition) is 0. The van der Waals surface area contributed by atoms with Crippen molar-refractivity contribution in [3.8, 4) is 17.1 Å². The van der Waals surface area contributed by atoms with Crippen LogP contribution >= 0.6 is 0 Å². The number of likely N-dealkylation sites (tertiary alicyclic amines) is 1. The molecule has 1 saturated heterocycles. The highest BCUT2D eigenvalue weighted by Gasteiger charge is 2.39. The lowest BCUT2D eigenvalue weighted by Gasteiger charge is -2.40. The maximum Gasteiger partial charge on any atom is 0.471 e. The highest BCUT2D eigenvalue weighted by atomic mass is 19.4. The molecule has 1 aromatic carbocycles. The van der Waals surface area contributed by atoms with Crippen LogP contribution in [-0.2, 0) is 15.7 Å². The van der Waals surface area contributed by atoms with E-state index in [4.69, 9.17) is 14.2 Å². The van der Waals surface area contributed by atoms with Gasteiger partial charge in [-0.05, 0) is 38.1 Å². The average molecular weight is 429 g/mol. The number of nitrogens with zero attached hydrogens (tertiary/aromatic N) is 3. The number of carbonyl (C=O) groups excluding carboxylic acids is 1. The zero-order valence-corrected chi connectivity index (χ0v) is 16.6. The number of hydrogen-bond acceptors (Lipinski definition) is 7. The Kier molecular flexibility index (Phi) is 6.61. The molecule has 2 aromatic rings. The molecule has 0 bridgehead atoms. The van der Waals surface area contributed by atoms with Crippen molar-refractivity contribution in [2.24, 2.45) is 0 Å². The minimum Gasteiger partial charge on any atom is -0.410 e. The van der Waals surface area contributed by atoms with Crippen LogP contribution in [0.1, 0.15) is 32.6 Å². The molecule has 0 N–H and O–H groups in total.